The van der Waals surface area contributed by atoms with Crippen LogP contribution >= 0.6 is 11.8 Å². The molecule has 43 heavy (non-hydrogen) atoms. The van der Waals surface area contributed by atoms with Gasteiger partial charge in [-0.1, -0.05) is 66.7 Å². The maximum absolute atomic E-state index is 13.4. The van der Waals surface area contributed by atoms with E-state index in [1.54, 1.807) is 71.9 Å². The van der Waals surface area contributed by atoms with E-state index in [4.69, 9.17) is 0 Å². The first-order chi connectivity index (χ1) is 21.1. The van der Waals surface area contributed by atoms with Crippen LogP contribution in [-0.4, -0.2) is 28.5 Å². The van der Waals surface area contributed by atoms with Gasteiger partial charge >= 0.3 is 0 Å². The molecular weight excluding hydrogens is 556 g/mol. The van der Waals surface area contributed by atoms with Crippen LogP contribution in [0.25, 0.3) is 6.08 Å². The van der Waals surface area contributed by atoms with Gasteiger partial charge in [0.15, 0.2) is 0 Å². The second-order valence-corrected chi connectivity index (χ2v) is 10.4. The molecule has 1 heterocycles. The van der Waals surface area contributed by atoms with Crippen molar-refractivity contribution >= 4 is 52.6 Å². The van der Waals surface area contributed by atoms with Crippen molar-refractivity contribution in [2.24, 2.45) is 0 Å². The minimum atomic E-state index is -0.495. The van der Waals surface area contributed by atoms with Gasteiger partial charge in [-0.05, 0) is 72.3 Å². The zero-order valence-electron chi connectivity index (χ0n) is 23.1. The fraction of sp³-hybridized carbons (Fsp3) is 0.0286. The van der Waals surface area contributed by atoms with Gasteiger partial charge in [-0.2, -0.15) is 0 Å². The summed E-state index contributed by atoms with van der Waals surface area (Å²) >= 11 is 1.37. The molecule has 0 aliphatic heterocycles. The van der Waals surface area contributed by atoms with Gasteiger partial charge in [-0.25, -0.2) is 0 Å². The van der Waals surface area contributed by atoms with Gasteiger partial charge in [0.25, 0.3) is 11.8 Å². The van der Waals surface area contributed by atoms with Crippen LogP contribution in [0.5, 0.6) is 0 Å². The second kappa shape index (κ2) is 14.4. The fourth-order valence-corrected chi connectivity index (χ4v) is 5.04. The van der Waals surface area contributed by atoms with Crippen molar-refractivity contribution in [2.75, 3.05) is 16.0 Å². The average molecular weight is 585 g/mol. The van der Waals surface area contributed by atoms with E-state index in [1.165, 1.54) is 11.8 Å². The zero-order valence-corrected chi connectivity index (χ0v) is 23.9. The molecule has 0 aliphatic rings. The Morgan fingerprint density at radius 2 is 1.40 bits per heavy atom. The van der Waals surface area contributed by atoms with Crippen LogP contribution in [0.3, 0.4) is 0 Å². The molecule has 7 nitrogen and oxygen atoms in total. The summed E-state index contributed by atoms with van der Waals surface area (Å²) in [6, 6.07) is 38.5. The SMILES string of the molecule is O=C(Nc1cccc(SCC(=O)N(c2ccccc2)c2ccccc2)c1)/C(=C/c1cccnc1)NC(=O)c1ccccc1. The molecule has 0 fully saturated rings. The van der Waals surface area contributed by atoms with Crippen LogP contribution in [0.2, 0.25) is 0 Å². The van der Waals surface area contributed by atoms with Gasteiger partial charge in [0.2, 0.25) is 5.91 Å². The number of nitrogens with one attached hydrogen (secondary N) is 2. The lowest BCUT2D eigenvalue weighted by atomic mass is 10.2. The van der Waals surface area contributed by atoms with Crippen LogP contribution in [-0.2, 0) is 9.59 Å². The molecule has 2 N–H and O–H groups in total. The van der Waals surface area contributed by atoms with Crippen LogP contribution < -0.4 is 15.5 Å². The number of pyridine rings is 1. The minimum absolute atomic E-state index is 0.0662. The number of anilines is 3. The monoisotopic (exact) mass is 584 g/mol. The number of hydrogen-bond acceptors (Lipinski definition) is 5. The molecule has 5 aromatic rings. The smallest absolute Gasteiger partial charge is 0.272 e. The van der Waals surface area contributed by atoms with Gasteiger partial charge in [0, 0.05) is 39.9 Å². The summed E-state index contributed by atoms with van der Waals surface area (Å²) in [6.45, 7) is 0. The summed E-state index contributed by atoms with van der Waals surface area (Å²) in [6.07, 6.45) is 4.80. The van der Waals surface area contributed by atoms with Crippen LogP contribution in [0, 0.1) is 0 Å². The first-order valence-corrected chi connectivity index (χ1v) is 14.5. The van der Waals surface area contributed by atoms with Crippen molar-refractivity contribution in [3.8, 4) is 0 Å². The van der Waals surface area contributed by atoms with Gasteiger partial charge in [-0.3, -0.25) is 24.3 Å². The van der Waals surface area contributed by atoms with Crippen LogP contribution in [0.15, 0.2) is 150 Å². The van der Waals surface area contributed by atoms with Crippen LogP contribution in [0.1, 0.15) is 15.9 Å². The van der Waals surface area contributed by atoms with Gasteiger partial charge in [-0.15, -0.1) is 11.8 Å². The normalized spacial score (nSPS) is 10.9. The van der Waals surface area contributed by atoms with Crippen molar-refractivity contribution < 1.29 is 14.4 Å². The summed E-state index contributed by atoms with van der Waals surface area (Å²) in [7, 11) is 0. The standard InChI is InChI=1S/C35H28N4O3S/c40-33(39(29-16-6-2-7-17-29)30-18-8-3-9-19-30)25-43-31-20-10-15-28(23-31)37-35(42)32(22-26-12-11-21-36-24-26)38-34(41)27-13-4-1-5-14-27/h1-24H,25H2,(H,37,42)(H,38,41)/b32-22-. The summed E-state index contributed by atoms with van der Waals surface area (Å²) in [5.41, 5.74) is 3.24. The molecule has 0 radical (unpaired) electrons. The molecule has 0 bridgehead atoms. The number of nitrogens with zero attached hydrogens (tertiary/aromatic N) is 2. The lowest BCUT2D eigenvalue weighted by Gasteiger charge is -2.23. The zero-order chi connectivity index (χ0) is 29.9. The number of amides is 3. The third kappa shape index (κ3) is 8.06. The predicted molar refractivity (Wildman–Crippen MR) is 172 cm³/mol. The molecule has 0 saturated heterocycles. The van der Waals surface area contributed by atoms with Crippen molar-refractivity contribution in [3.63, 3.8) is 0 Å². The highest BCUT2D eigenvalue weighted by Crippen LogP contribution is 2.28. The molecule has 0 aliphatic carbocycles. The summed E-state index contributed by atoms with van der Waals surface area (Å²) in [5, 5.41) is 5.60. The van der Waals surface area contributed by atoms with E-state index in [1.807, 2.05) is 78.9 Å². The third-order valence-corrected chi connectivity index (χ3v) is 7.24. The molecule has 8 heteroatoms. The minimum Gasteiger partial charge on any atom is -0.321 e. The number of aromatic nitrogens is 1. The molecule has 212 valence electrons. The molecule has 4 aromatic carbocycles. The third-order valence-electron chi connectivity index (χ3n) is 6.26. The maximum atomic E-state index is 13.4. The highest BCUT2D eigenvalue weighted by Gasteiger charge is 2.19. The molecule has 0 saturated carbocycles. The maximum Gasteiger partial charge on any atom is 0.272 e. The first-order valence-electron chi connectivity index (χ1n) is 13.5. The molecule has 0 atom stereocenters. The first kappa shape index (κ1) is 29.0. The number of benzene rings is 4. The Bertz CT molecular complexity index is 1670. The van der Waals surface area contributed by atoms with Crippen molar-refractivity contribution in [1.82, 2.24) is 10.3 Å². The Labute approximate surface area is 254 Å². The summed E-state index contributed by atoms with van der Waals surface area (Å²) < 4.78 is 0. The largest absolute Gasteiger partial charge is 0.321 e. The fourth-order valence-electron chi connectivity index (χ4n) is 4.23. The quantitative estimate of drug-likeness (QED) is 0.137. The highest BCUT2D eigenvalue weighted by molar-refractivity contribution is 8.00. The van der Waals surface area contributed by atoms with Crippen molar-refractivity contribution in [3.05, 3.63) is 157 Å². The van der Waals surface area contributed by atoms with E-state index in [0.29, 0.717) is 16.8 Å². The number of carbonyl (C=O) groups excluding carboxylic acids is 3. The van der Waals surface area contributed by atoms with E-state index in [-0.39, 0.29) is 17.4 Å². The Hall–Kier alpha value is -5.47. The lowest BCUT2D eigenvalue weighted by molar-refractivity contribution is -0.115. The number of para-hydroxylation sites is 2. The molecular formula is C35H28N4O3S. The van der Waals surface area contributed by atoms with Crippen LogP contribution in [0.4, 0.5) is 17.1 Å². The predicted octanol–water partition coefficient (Wildman–Crippen LogP) is 6.95. The molecule has 3 amide bonds. The van der Waals surface area contributed by atoms with Crippen molar-refractivity contribution in [2.45, 2.75) is 4.90 Å². The van der Waals surface area contributed by atoms with Gasteiger partial charge in [0.1, 0.15) is 5.70 Å². The number of hydrogen-bond donors (Lipinski definition) is 2. The molecule has 0 unspecified atom stereocenters. The van der Waals surface area contributed by atoms with E-state index >= 15 is 0 Å². The Kier molecular flexibility index (Phi) is 9.74. The molecule has 1 aromatic heterocycles. The Morgan fingerprint density at radius 1 is 0.744 bits per heavy atom. The van der Waals surface area contributed by atoms with Crippen molar-refractivity contribution in [1.29, 1.82) is 0 Å². The summed E-state index contributed by atoms with van der Waals surface area (Å²) in [5.74, 6) is -0.802. The summed E-state index contributed by atoms with van der Waals surface area (Å²) in [4.78, 5) is 46.3. The molecule has 0 spiro atoms. The van der Waals surface area contributed by atoms with E-state index in [0.717, 1.165) is 16.3 Å². The average Bonchev–Trinajstić information content (AvgIpc) is 3.05. The van der Waals surface area contributed by atoms with E-state index < -0.39 is 11.8 Å². The van der Waals surface area contributed by atoms with E-state index in [2.05, 4.69) is 15.6 Å². The lowest BCUT2D eigenvalue weighted by Crippen LogP contribution is -2.30. The highest BCUT2D eigenvalue weighted by atomic mass is 32.2. The Morgan fingerprint density at radius 3 is 2.02 bits per heavy atom. The van der Waals surface area contributed by atoms with Gasteiger partial charge < -0.3 is 10.6 Å². The van der Waals surface area contributed by atoms with Gasteiger partial charge in [0.05, 0.1) is 5.75 Å². The number of thioether (sulfide) groups is 1. The second-order valence-electron chi connectivity index (χ2n) is 9.34. The molecule has 5 rings (SSSR count). The van der Waals surface area contributed by atoms with E-state index in [9.17, 15) is 14.4 Å². The number of carbonyl (C=O) groups is 3. The Balaban J connectivity index is 1.30. The topological polar surface area (TPSA) is 91.4 Å². The number of rotatable bonds is 10.